The van der Waals surface area contributed by atoms with Crippen LogP contribution in [0.2, 0.25) is 6.04 Å². The fraction of sp³-hybridized carbons (Fsp3) is 0.143. The highest BCUT2D eigenvalue weighted by Gasteiger charge is 1.95. The Morgan fingerprint density at radius 2 is 1.33 bits per heavy atom. The number of benzene rings is 2. The predicted molar refractivity (Wildman–Crippen MR) is 66.8 cm³/mol. The van der Waals surface area contributed by atoms with Crippen LogP contribution in [0.1, 0.15) is 5.56 Å². The fourth-order valence-corrected chi connectivity index (χ4v) is 2.68. The Morgan fingerprint density at radius 3 is 2.00 bits per heavy atom. The molecule has 2 aromatic rings. The van der Waals surface area contributed by atoms with Crippen molar-refractivity contribution in [3.63, 3.8) is 0 Å². The molecule has 2 radical (unpaired) electrons. The molecular weight excluding hydrogens is 196 g/mol. The highest BCUT2D eigenvalue weighted by Crippen LogP contribution is 2.02. The average Bonchev–Trinajstić information content (AvgIpc) is 2.32. The average molecular weight is 210 g/mol. The number of hydrogen-bond acceptors (Lipinski definition) is 0. The molecule has 0 amide bonds. The molecule has 2 aromatic carbocycles. The Hall–Kier alpha value is -1.34. The number of aryl methyl sites for hydroxylation is 1. The zero-order valence-corrected chi connectivity index (χ0v) is 9.69. The molecule has 74 valence electrons. The van der Waals surface area contributed by atoms with Gasteiger partial charge < -0.3 is 0 Å². The molecule has 0 spiro atoms. The lowest BCUT2D eigenvalue weighted by molar-refractivity contribution is 1.13. The van der Waals surface area contributed by atoms with Gasteiger partial charge in [0.05, 0.1) is 9.52 Å². The van der Waals surface area contributed by atoms with Gasteiger partial charge in [0.1, 0.15) is 0 Å². The van der Waals surface area contributed by atoms with Crippen molar-refractivity contribution in [2.24, 2.45) is 0 Å². The molecule has 1 heteroatoms. The Morgan fingerprint density at radius 1 is 0.733 bits per heavy atom. The van der Waals surface area contributed by atoms with Crippen LogP contribution in [0.5, 0.6) is 0 Å². The van der Waals surface area contributed by atoms with Crippen molar-refractivity contribution in [1.29, 1.82) is 0 Å². The monoisotopic (exact) mass is 210 g/mol. The Balaban J connectivity index is 1.81. The van der Waals surface area contributed by atoms with E-state index < -0.39 is 0 Å². The minimum absolute atomic E-state index is 0.930. The summed E-state index contributed by atoms with van der Waals surface area (Å²) < 4.78 is 0. The first-order valence-corrected chi connectivity index (χ1v) is 6.49. The van der Waals surface area contributed by atoms with Gasteiger partial charge in [-0.1, -0.05) is 71.9 Å². The van der Waals surface area contributed by atoms with Crippen LogP contribution < -0.4 is 5.19 Å². The van der Waals surface area contributed by atoms with Crippen molar-refractivity contribution in [2.75, 3.05) is 0 Å². The minimum Gasteiger partial charge on any atom is -0.0642 e. The molecule has 0 aliphatic carbocycles. The second-order valence-electron chi connectivity index (χ2n) is 3.53. The summed E-state index contributed by atoms with van der Waals surface area (Å²) in [6, 6.07) is 22.7. The van der Waals surface area contributed by atoms with E-state index in [1.165, 1.54) is 23.2 Å². The van der Waals surface area contributed by atoms with E-state index in [-0.39, 0.29) is 0 Å². The summed E-state index contributed by atoms with van der Waals surface area (Å²) in [6.45, 7) is 0. The van der Waals surface area contributed by atoms with Gasteiger partial charge in [-0.25, -0.2) is 0 Å². The normalized spacial score (nSPS) is 10.1. The molecule has 0 fully saturated rings. The minimum atomic E-state index is 0.930. The Bertz CT molecular complexity index is 341. The lowest BCUT2D eigenvalue weighted by atomic mass is 10.2. The SMILES string of the molecule is c1ccc(CC[Si]c2ccccc2)cc1. The molecule has 0 atom stereocenters. The molecule has 0 aliphatic heterocycles. The summed E-state index contributed by atoms with van der Waals surface area (Å²) in [5.41, 5.74) is 1.45. The highest BCUT2D eigenvalue weighted by molar-refractivity contribution is 6.53. The molecule has 0 heterocycles. The van der Waals surface area contributed by atoms with Gasteiger partial charge in [-0.2, -0.15) is 0 Å². The van der Waals surface area contributed by atoms with Gasteiger partial charge in [-0.3, -0.25) is 0 Å². The predicted octanol–water partition coefficient (Wildman–Crippen LogP) is 2.68. The molecule has 0 saturated carbocycles. The van der Waals surface area contributed by atoms with Gasteiger partial charge in [-0.05, 0) is 12.0 Å². The third kappa shape index (κ3) is 3.37. The standard InChI is InChI=1S/C14H14Si/c1-3-7-13(8-4-1)11-12-15-14-9-5-2-6-10-14/h1-10H,11-12H2. The van der Waals surface area contributed by atoms with E-state index in [0.29, 0.717) is 0 Å². The lowest BCUT2D eigenvalue weighted by Crippen LogP contribution is -2.13. The maximum absolute atomic E-state index is 2.21. The van der Waals surface area contributed by atoms with Gasteiger partial charge >= 0.3 is 0 Å². The van der Waals surface area contributed by atoms with Crippen LogP contribution in [0.25, 0.3) is 0 Å². The van der Waals surface area contributed by atoms with E-state index in [1.807, 2.05) is 0 Å². The van der Waals surface area contributed by atoms with E-state index in [9.17, 15) is 0 Å². The third-order valence-corrected chi connectivity index (χ3v) is 3.60. The van der Waals surface area contributed by atoms with E-state index in [4.69, 9.17) is 0 Å². The van der Waals surface area contributed by atoms with Crippen molar-refractivity contribution >= 4 is 14.7 Å². The van der Waals surface area contributed by atoms with Crippen LogP contribution in [0.4, 0.5) is 0 Å². The van der Waals surface area contributed by atoms with E-state index in [2.05, 4.69) is 60.7 Å². The molecule has 2 rings (SSSR count). The lowest BCUT2D eigenvalue weighted by Gasteiger charge is -2.00. The van der Waals surface area contributed by atoms with E-state index in [1.54, 1.807) is 0 Å². The molecule has 0 saturated heterocycles. The summed E-state index contributed by atoms with van der Waals surface area (Å²) in [4.78, 5) is 0. The molecule has 0 bridgehead atoms. The highest BCUT2D eigenvalue weighted by atomic mass is 28.2. The Kier molecular flexibility index (Phi) is 3.75. The van der Waals surface area contributed by atoms with Crippen molar-refractivity contribution in [2.45, 2.75) is 12.5 Å². The summed E-state index contributed by atoms with van der Waals surface area (Å²) in [5, 5.41) is 1.47. The fourth-order valence-electron chi connectivity index (χ4n) is 1.55. The first-order valence-electron chi connectivity index (χ1n) is 5.28. The summed E-state index contributed by atoms with van der Waals surface area (Å²) in [7, 11) is 0.930. The zero-order valence-electron chi connectivity index (χ0n) is 8.69. The maximum Gasteiger partial charge on any atom is 0.0811 e. The smallest absolute Gasteiger partial charge is 0.0642 e. The topological polar surface area (TPSA) is 0 Å². The molecule has 0 nitrogen and oxygen atoms in total. The molecule has 0 aliphatic rings. The van der Waals surface area contributed by atoms with Crippen molar-refractivity contribution in [1.82, 2.24) is 0 Å². The van der Waals surface area contributed by atoms with Crippen LogP contribution in [0.15, 0.2) is 60.7 Å². The van der Waals surface area contributed by atoms with Crippen LogP contribution in [-0.2, 0) is 6.42 Å². The van der Waals surface area contributed by atoms with Crippen LogP contribution >= 0.6 is 0 Å². The van der Waals surface area contributed by atoms with Crippen LogP contribution in [-0.4, -0.2) is 9.52 Å². The van der Waals surface area contributed by atoms with Gasteiger partial charge in [0.15, 0.2) is 0 Å². The molecular formula is C14H14Si. The third-order valence-electron chi connectivity index (χ3n) is 2.36. The van der Waals surface area contributed by atoms with Gasteiger partial charge in [0.25, 0.3) is 0 Å². The number of hydrogen-bond donors (Lipinski definition) is 0. The van der Waals surface area contributed by atoms with Crippen molar-refractivity contribution < 1.29 is 0 Å². The van der Waals surface area contributed by atoms with Gasteiger partial charge in [-0.15, -0.1) is 0 Å². The second-order valence-corrected chi connectivity index (χ2v) is 4.96. The quantitative estimate of drug-likeness (QED) is 0.681. The molecule has 0 N–H and O–H groups in total. The number of rotatable bonds is 4. The maximum atomic E-state index is 2.21. The van der Waals surface area contributed by atoms with Crippen molar-refractivity contribution in [3.8, 4) is 0 Å². The summed E-state index contributed by atoms with van der Waals surface area (Å²) in [6.07, 6.45) is 1.19. The first kappa shape index (κ1) is 10.2. The van der Waals surface area contributed by atoms with E-state index in [0.717, 1.165) is 9.52 Å². The first-order chi connectivity index (χ1) is 7.45. The van der Waals surface area contributed by atoms with Gasteiger partial charge in [0, 0.05) is 0 Å². The van der Waals surface area contributed by atoms with Crippen molar-refractivity contribution in [3.05, 3.63) is 66.2 Å². The van der Waals surface area contributed by atoms with Gasteiger partial charge in [0.2, 0.25) is 0 Å². The Labute approximate surface area is 93.8 Å². The van der Waals surface area contributed by atoms with Crippen LogP contribution in [0.3, 0.4) is 0 Å². The largest absolute Gasteiger partial charge is 0.0811 e. The zero-order chi connectivity index (χ0) is 10.3. The second kappa shape index (κ2) is 5.52. The summed E-state index contributed by atoms with van der Waals surface area (Å²) >= 11 is 0. The van der Waals surface area contributed by atoms with E-state index >= 15 is 0 Å². The molecule has 0 aromatic heterocycles. The van der Waals surface area contributed by atoms with Crippen LogP contribution in [0, 0.1) is 0 Å². The summed E-state index contributed by atoms with van der Waals surface area (Å²) in [5.74, 6) is 0. The molecule has 15 heavy (non-hydrogen) atoms. The molecule has 0 unspecified atom stereocenters.